The molecular weight excluding hydrogens is 381 g/mol. The molecule has 0 aliphatic carbocycles. The Morgan fingerprint density at radius 3 is 2.52 bits per heavy atom. The summed E-state index contributed by atoms with van der Waals surface area (Å²) in [5.41, 5.74) is 2.91. The molecule has 1 aromatic carbocycles. The van der Waals surface area contributed by atoms with E-state index in [0.717, 1.165) is 17.0 Å². The average Bonchev–Trinajstić information content (AvgIpc) is 2.57. The van der Waals surface area contributed by atoms with Crippen molar-refractivity contribution in [2.75, 3.05) is 7.05 Å². The maximum Gasteiger partial charge on any atom is 0.270 e. The second-order valence-electron chi connectivity index (χ2n) is 5.40. The molecule has 1 aliphatic rings. The molecule has 1 aromatic rings. The van der Waals surface area contributed by atoms with Gasteiger partial charge in [0.1, 0.15) is 0 Å². The van der Waals surface area contributed by atoms with Gasteiger partial charge in [-0.2, -0.15) is 0 Å². The van der Waals surface area contributed by atoms with E-state index in [1.165, 1.54) is 6.07 Å². The first-order chi connectivity index (χ1) is 9.32. The first-order valence-electron chi connectivity index (χ1n) is 6.42. The number of allylic oxidation sites excluding steroid dienone is 1. The Morgan fingerprint density at radius 1 is 1.33 bits per heavy atom. The van der Waals surface area contributed by atoms with Gasteiger partial charge in [-0.1, -0.05) is 16.8 Å². The molecule has 0 saturated carbocycles. The van der Waals surface area contributed by atoms with Crippen LogP contribution in [0.5, 0.6) is 0 Å². The lowest BCUT2D eigenvalue weighted by atomic mass is 9.83. The third-order valence-electron chi connectivity index (χ3n) is 3.71. The lowest BCUT2D eigenvalue weighted by Crippen LogP contribution is -3.00. The second-order valence-corrected chi connectivity index (χ2v) is 5.40. The summed E-state index contributed by atoms with van der Waals surface area (Å²) in [6.07, 6.45) is 3.85. The molecule has 1 heterocycles. The molecule has 6 heteroatoms. The van der Waals surface area contributed by atoms with Gasteiger partial charge < -0.3 is 24.0 Å². The van der Waals surface area contributed by atoms with Crippen molar-refractivity contribution in [1.29, 1.82) is 0 Å². The molecule has 0 saturated heterocycles. The van der Waals surface area contributed by atoms with Crippen molar-refractivity contribution in [1.82, 2.24) is 0 Å². The van der Waals surface area contributed by atoms with Crippen LogP contribution in [0, 0.1) is 15.5 Å². The number of hydrogen-bond donors (Lipinski definition) is 0. The third kappa shape index (κ3) is 3.55. The van der Waals surface area contributed by atoms with E-state index in [-0.39, 0.29) is 40.0 Å². The summed E-state index contributed by atoms with van der Waals surface area (Å²) in [5, 5.41) is 15.2. The maximum absolute atomic E-state index is 10.8. The van der Waals surface area contributed by atoms with Gasteiger partial charge in [-0.25, -0.2) is 0 Å². The van der Waals surface area contributed by atoms with Crippen molar-refractivity contribution in [2.24, 2.45) is 10.5 Å². The molecule has 0 amide bonds. The molecule has 0 radical (unpaired) electrons. The van der Waals surface area contributed by atoms with Crippen molar-refractivity contribution in [3.8, 4) is 0 Å². The van der Waals surface area contributed by atoms with Crippen LogP contribution in [0.4, 0.5) is 5.69 Å². The topological polar surface area (TPSA) is 58.5 Å². The molecule has 0 spiro atoms. The van der Waals surface area contributed by atoms with Crippen LogP contribution in [0.15, 0.2) is 35.4 Å². The van der Waals surface area contributed by atoms with Gasteiger partial charge >= 0.3 is 0 Å². The van der Waals surface area contributed by atoms with Crippen molar-refractivity contribution in [3.63, 3.8) is 0 Å². The van der Waals surface area contributed by atoms with E-state index >= 15 is 0 Å². The smallest absolute Gasteiger partial charge is 0.270 e. The van der Waals surface area contributed by atoms with E-state index in [9.17, 15) is 10.1 Å². The minimum Gasteiger partial charge on any atom is -1.00 e. The Kier molecular flexibility index (Phi) is 5.38. The van der Waals surface area contributed by atoms with E-state index < -0.39 is 0 Å². The highest BCUT2D eigenvalue weighted by Gasteiger charge is 2.39. The summed E-state index contributed by atoms with van der Waals surface area (Å²) in [5.74, 6) is 0. The summed E-state index contributed by atoms with van der Waals surface area (Å²) in [6.45, 7) is 6.23. The van der Waals surface area contributed by atoms with Crippen LogP contribution in [-0.2, 0) is 0 Å². The van der Waals surface area contributed by atoms with Crippen molar-refractivity contribution < 1.29 is 33.6 Å². The van der Waals surface area contributed by atoms with Gasteiger partial charge in [-0.05, 0) is 37.5 Å². The minimum absolute atomic E-state index is 0. The zero-order chi connectivity index (χ0) is 14.9. The van der Waals surface area contributed by atoms with Crippen molar-refractivity contribution >= 4 is 23.2 Å². The fraction of sp³-hybridized carbons (Fsp3) is 0.333. The molecule has 0 aromatic heterocycles. The Morgan fingerprint density at radius 2 is 2.00 bits per heavy atom. The Labute approximate surface area is 141 Å². The zero-order valence-electron chi connectivity index (χ0n) is 12.5. The zero-order valence-corrected chi connectivity index (χ0v) is 14.7. The molecule has 2 rings (SSSR count). The highest BCUT2D eigenvalue weighted by molar-refractivity contribution is 6.15. The SMILES string of the molecule is CC1=N[N+](C)=C(C=Cc2cccc([N+](=O)[O-])c2)C1(C)C.[I-]. The molecular formula is C15H18IN3O2. The average molecular weight is 399 g/mol. The number of hydrogen-bond acceptors (Lipinski definition) is 3. The highest BCUT2D eigenvalue weighted by Crippen LogP contribution is 2.26. The number of rotatable bonds is 3. The van der Waals surface area contributed by atoms with Crippen LogP contribution in [0.3, 0.4) is 0 Å². The molecule has 0 bridgehead atoms. The summed E-state index contributed by atoms with van der Waals surface area (Å²) >= 11 is 0. The highest BCUT2D eigenvalue weighted by atomic mass is 127. The van der Waals surface area contributed by atoms with Gasteiger partial charge in [-0.3, -0.25) is 10.1 Å². The van der Waals surface area contributed by atoms with Gasteiger partial charge in [0.25, 0.3) is 5.69 Å². The van der Waals surface area contributed by atoms with Gasteiger partial charge in [-0.15, -0.1) is 0 Å². The van der Waals surface area contributed by atoms with Gasteiger partial charge in [0.15, 0.2) is 7.05 Å². The summed E-state index contributed by atoms with van der Waals surface area (Å²) in [6, 6.07) is 6.59. The summed E-state index contributed by atoms with van der Waals surface area (Å²) in [4.78, 5) is 10.4. The predicted octanol–water partition coefficient (Wildman–Crippen LogP) is 0.111. The van der Waals surface area contributed by atoms with E-state index in [1.807, 2.05) is 36.9 Å². The maximum atomic E-state index is 10.8. The fourth-order valence-corrected chi connectivity index (χ4v) is 2.23. The standard InChI is InChI=1S/C15H18N3O2.HI/c1-11-15(2,3)14(17(4)16-11)9-8-12-6-5-7-13(10-12)18(19)20;/h5-10H,1-4H3;1H/q+1;/p-1. The molecule has 0 unspecified atom stereocenters. The van der Waals surface area contributed by atoms with Crippen LogP contribution in [0.25, 0.3) is 6.08 Å². The van der Waals surface area contributed by atoms with Crippen LogP contribution in [0.2, 0.25) is 0 Å². The van der Waals surface area contributed by atoms with E-state index in [1.54, 1.807) is 12.1 Å². The largest absolute Gasteiger partial charge is 1.00 e. The monoisotopic (exact) mass is 399 g/mol. The molecule has 0 atom stereocenters. The van der Waals surface area contributed by atoms with E-state index in [4.69, 9.17) is 0 Å². The van der Waals surface area contributed by atoms with Crippen LogP contribution in [0.1, 0.15) is 26.3 Å². The predicted molar refractivity (Wildman–Crippen MR) is 80.2 cm³/mol. The molecule has 21 heavy (non-hydrogen) atoms. The number of nitro benzene ring substituents is 1. The van der Waals surface area contributed by atoms with E-state index in [2.05, 4.69) is 18.9 Å². The first-order valence-corrected chi connectivity index (χ1v) is 6.42. The van der Waals surface area contributed by atoms with Gasteiger partial charge in [0.2, 0.25) is 5.71 Å². The van der Waals surface area contributed by atoms with Crippen LogP contribution < -0.4 is 24.0 Å². The number of nitrogens with zero attached hydrogens (tertiary/aromatic N) is 3. The van der Waals surface area contributed by atoms with Gasteiger partial charge in [0, 0.05) is 18.2 Å². The lowest BCUT2D eigenvalue weighted by molar-refractivity contribution is -0.499. The van der Waals surface area contributed by atoms with Crippen molar-refractivity contribution in [3.05, 3.63) is 46.0 Å². The van der Waals surface area contributed by atoms with Gasteiger partial charge in [0.05, 0.1) is 16.0 Å². The van der Waals surface area contributed by atoms with Crippen LogP contribution >= 0.6 is 0 Å². The lowest BCUT2D eigenvalue weighted by Gasteiger charge is -2.13. The molecule has 0 fully saturated rings. The number of non-ortho nitro benzene ring substituents is 1. The molecule has 112 valence electrons. The number of nitro groups is 1. The Bertz CT molecular complexity index is 661. The van der Waals surface area contributed by atoms with Crippen LogP contribution in [-0.4, -0.2) is 28.1 Å². The first kappa shape index (κ1) is 17.5. The number of benzene rings is 1. The number of hydrazone groups is 1. The second kappa shape index (κ2) is 6.46. The normalized spacial score (nSPS) is 16.9. The third-order valence-corrected chi connectivity index (χ3v) is 3.71. The summed E-state index contributed by atoms with van der Waals surface area (Å²) < 4.78 is 1.85. The Balaban J connectivity index is 0.00000220. The van der Waals surface area contributed by atoms with Crippen molar-refractivity contribution in [2.45, 2.75) is 20.8 Å². The Hall–Kier alpha value is -1.57. The molecule has 0 N–H and O–H groups in total. The fourth-order valence-electron chi connectivity index (χ4n) is 2.23. The summed E-state index contributed by atoms with van der Waals surface area (Å²) in [7, 11) is 1.91. The molecule has 5 nitrogen and oxygen atoms in total. The minimum atomic E-state index is -0.386. The quantitative estimate of drug-likeness (QED) is 0.314. The molecule has 1 aliphatic heterocycles. The van der Waals surface area contributed by atoms with E-state index in [0.29, 0.717) is 0 Å². The number of halogens is 1.